The van der Waals surface area contributed by atoms with Gasteiger partial charge in [-0.25, -0.2) is 4.39 Å². The van der Waals surface area contributed by atoms with Gasteiger partial charge in [0.15, 0.2) is 11.6 Å². The van der Waals surface area contributed by atoms with Gasteiger partial charge < -0.3 is 9.47 Å². The molecule has 1 heterocycles. The summed E-state index contributed by atoms with van der Waals surface area (Å²) in [5.74, 6) is -0.241. The van der Waals surface area contributed by atoms with E-state index in [4.69, 9.17) is 9.47 Å². The topological polar surface area (TPSA) is 31.4 Å². The van der Waals surface area contributed by atoms with Crippen molar-refractivity contribution in [2.45, 2.75) is 13.5 Å². The first-order valence-corrected chi connectivity index (χ1v) is 3.88. The van der Waals surface area contributed by atoms with E-state index in [1.165, 1.54) is 14.2 Å². The van der Waals surface area contributed by atoms with Crippen LogP contribution < -0.4 is 4.74 Å². The Balaban J connectivity index is 3.11. The molecule has 1 aromatic heterocycles. The highest BCUT2D eigenvalue weighted by Crippen LogP contribution is 2.20. The van der Waals surface area contributed by atoms with Gasteiger partial charge in [-0.3, -0.25) is 4.98 Å². The third-order valence-electron chi connectivity index (χ3n) is 1.62. The molecule has 0 fully saturated rings. The van der Waals surface area contributed by atoms with Crippen molar-refractivity contribution in [1.82, 2.24) is 4.98 Å². The molecule has 0 N–H and O–H groups in total. The lowest BCUT2D eigenvalue weighted by Crippen LogP contribution is -2.01. The van der Waals surface area contributed by atoms with Crippen molar-refractivity contribution in [1.29, 1.82) is 0 Å². The van der Waals surface area contributed by atoms with E-state index < -0.39 is 5.82 Å². The zero-order valence-corrected chi connectivity index (χ0v) is 7.93. The molecular weight excluding hydrogens is 173 g/mol. The molecule has 0 aromatic carbocycles. The van der Waals surface area contributed by atoms with E-state index in [9.17, 15) is 4.39 Å². The van der Waals surface area contributed by atoms with Crippen molar-refractivity contribution >= 4 is 0 Å². The van der Waals surface area contributed by atoms with E-state index in [1.54, 1.807) is 13.0 Å². The monoisotopic (exact) mass is 185 g/mol. The van der Waals surface area contributed by atoms with Gasteiger partial charge in [-0.05, 0) is 6.92 Å². The lowest BCUT2D eigenvalue weighted by molar-refractivity contribution is 0.176. The number of halogens is 1. The Hall–Kier alpha value is -1.16. The van der Waals surface area contributed by atoms with Crippen LogP contribution >= 0.6 is 0 Å². The molecule has 13 heavy (non-hydrogen) atoms. The van der Waals surface area contributed by atoms with Gasteiger partial charge >= 0.3 is 0 Å². The summed E-state index contributed by atoms with van der Waals surface area (Å²) in [7, 11) is 2.92. The van der Waals surface area contributed by atoms with Crippen LogP contribution in [0.2, 0.25) is 0 Å². The number of hydrogen-bond acceptors (Lipinski definition) is 3. The van der Waals surface area contributed by atoms with Crippen LogP contribution in [0.5, 0.6) is 5.75 Å². The third kappa shape index (κ3) is 2.15. The van der Waals surface area contributed by atoms with Gasteiger partial charge in [-0.2, -0.15) is 0 Å². The Morgan fingerprint density at radius 1 is 1.46 bits per heavy atom. The Labute approximate surface area is 76.5 Å². The average molecular weight is 185 g/mol. The predicted molar refractivity (Wildman–Crippen MR) is 46.2 cm³/mol. The molecule has 0 aliphatic rings. The molecule has 3 nitrogen and oxygen atoms in total. The quantitative estimate of drug-likeness (QED) is 0.718. The highest BCUT2D eigenvalue weighted by Gasteiger charge is 2.10. The van der Waals surface area contributed by atoms with Gasteiger partial charge in [0.05, 0.1) is 13.7 Å². The number of aryl methyl sites for hydroxylation is 1. The number of hydrogen-bond donors (Lipinski definition) is 0. The lowest BCUT2D eigenvalue weighted by atomic mass is 10.3. The zero-order chi connectivity index (χ0) is 9.84. The van der Waals surface area contributed by atoms with Gasteiger partial charge in [0.1, 0.15) is 5.69 Å². The van der Waals surface area contributed by atoms with Gasteiger partial charge in [-0.15, -0.1) is 0 Å². The molecule has 0 spiro atoms. The van der Waals surface area contributed by atoms with E-state index in [2.05, 4.69) is 4.98 Å². The average Bonchev–Trinajstić information content (AvgIpc) is 2.11. The van der Waals surface area contributed by atoms with Crippen molar-refractivity contribution < 1.29 is 13.9 Å². The molecule has 0 aliphatic carbocycles. The van der Waals surface area contributed by atoms with Crippen molar-refractivity contribution in [3.8, 4) is 5.75 Å². The Bertz CT molecular complexity index is 302. The second-order valence-electron chi connectivity index (χ2n) is 2.66. The number of nitrogens with zero attached hydrogens (tertiary/aromatic N) is 1. The maximum absolute atomic E-state index is 13.4. The van der Waals surface area contributed by atoms with Crippen molar-refractivity contribution in [2.24, 2.45) is 0 Å². The third-order valence-corrected chi connectivity index (χ3v) is 1.62. The minimum Gasteiger partial charge on any atom is -0.494 e. The van der Waals surface area contributed by atoms with Crippen molar-refractivity contribution in [3.05, 3.63) is 23.3 Å². The Morgan fingerprint density at radius 3 is 2.69 bits per heavy atom. The van der Waals surface area contributed by atoms with Crippen LogP contribution in [-0.2, 0) is 11.3 Å². The molecule has 0 amide bonds. The maximum Gasteiger partial charge on any atom is 0.188 e. The molecule has 0 bridgehead atoms. The first-order valence-electron chi connectivity index (χ1n) is 3.88. The van der Waals surface area contributed by atoms with Crippen LogP contribution in [-0.4, -0.2) is 19.2 Å². The molecule has 0 radical (unpaired) electrons. The standard InChI is InChI=1S/C9H12FNO2/c1-6-4-8(13-3)9(10)7(11-6)5-12-2/h4H,5H2,1-3H3. The van der Waals surface area contributed by atoms with Crippen LogP contribution in [0.1, 0.15) is 11.4 Å². The summed E-state index contributed by atoms with van der Waals surface area (Å²) in [6.45, 7) is 1.94. The second-order valence-corrected chi connectivity index (χ2v) is 2.66. The fraction of sp³-hybridized carbons (Fsp3) is 0.444. The molecule has 72 valence electrons. The number of ether oxygens (including phenoxy) is 2. The van der Waals surface area contributed by atoms with Crippen molar-refractivity contribution in [2.75, 3.05) is 14.2 Å². The smallest absolute Gasteiger partial charge is 0.188 e. The summed E-state index contributed by atoms with van der Waals surface area (Å²) in [5.41, 5.74) is 0.990. The summed E-state index contributed by atoms with van der Waals surface area (Å²) >= 11 is 0. The number of methoxy groups -OCH3 is 2. The lowest BCUT2D eigenvalue weighted by Gasteiger charge is -2.07. The fourth-order valence-electron chi connectivity index (χ4n) is 1.07. The van der Waals surface area contributed by atoms with Gasteiger partial charge in [-0.1, -0.05) is 0 Å². The molecule has 1 aromatic rings. The maximum atomic E-state index is 13.4. The summed E-state index contributed by atoms with van der Waals surface area (Å²) in [6, 6.07) is 1.55. The van der Waals surface area contributed by atoms with E-state index in [0.29, 0.717) is 5.69 Å². The Kier molecular flexibility index (Phi) is 3.19. The summed E-state index contributed by atoms with van der Waals surface area (Å²) in [6.07, 6.45) is 0. The highest BCUT2D eigenvalue weighted by molar-refractivity contribution is 5.28. The summed E-state index contributed by atoms with van der Waals surface area (Å²) in [5, 5.41) is 0. The SMILES string of the molecule is COCc1nc(C)cc(OC)c1F. The predicted octanol–water partition coefficient (Wildman–Crippen LogP) is 1.68. The molecule has 0 saturated carbocycles. The number of rotatable bonds is 3. The largest absolute Gasteiger partial charge is 0.494 e. The van der Waals surface area contributed by atoms with E-state index >= 15 is 0 Å². The Morgan fingerprint density at radius 2 is 2.15 bits per heavy atom. The first kappa shape index (κ1) is 9.92. The van der Waals surface area contributed by atoms with Crippen molar-refractivity contribution in [3.63, 3.8) is 0 Å². The fourth-order valence-corrected chi connectivity index (χ4v) is 1.07. The minimum atomic E-state index is -0.449. The van der Waals surface area contributed by atoms with Crippen LogP contribution in [0.25, 0.3) is 0 Å². The second kappa shape index (κ2) is 4.18. The van der Waals surface area contributed by atoms with Gasteiger partial charge in [0, 0.05) is 18.9 Å². The van der Waals surface area contributed by atoms with Crippen LogP contribution in [0.3, 0.4) is 0 Å². The minimum absolute atomic E-state index is 0.157. The molecule has 0 aliphatic heterocycles. The normalized spacial score (nSPS) is 10.2. The molecular formula is C9H12FNO2. The first-order chi connectivity index (χ1) is 6.19. The zero-order valence-electron chi connectivity index (χ0n) is 7.93. The molecule has 0 saturated heterocycles. The van der Waals surface area contributed by atoms with Crippen LogP contribution in [0.15, 0.2) is 6.07 Å². The van der Waals surface area contributed by atoms with Crippen LogP contribution in [0, 0.1) is 12.7 Å². The summed E-state index contributed by atoms with van der Waals surface area (Å²) in [4.78, 5) is 3.99. The molecule has 0 atom stereocenters. The van der Waals surface area contributed by atoms with Gasteiger partial charge in [0.2, 0.25) is 0 Å². The van der Waals surface area contributed by atoms with Gasteiger partial charge in [0.25, 0.3) is 0 Å². The van der Waals surface area contributed by atoms with E-state index in [1.807, 2.05) is 0 Å². The van der Waals surface area contributed by atoms with E-state index in [0.717, 1.165) is 0 Å². The van der Waals surface area contributed by atoms with E-state index in [-0.39, 0.29) is 18.1 Å². The molecule has 4 heteroatoms. The molecule has 1 rings (SSSR count). The highest BCUT2D eigenvalue weighted by atomic mass is 19.1. The summed E-state index contributed by atoms with van der Waals surface area (Å²) < 4.78 is 23.0. The molecule has 0 unspecified atom stereocenters. The van der Waals surface area contributed by atoms with Crippen LogP contribution in [0.4, 0.5) is 4.39 Å². The number of pyridine rings is 1. The number of aromatic nitrogens is 1.